The normalized spacial score (nSPS) is 12.2. The van der Waals surface area contributed by atoms with E-state index in [-0.39, 0.29) is 18.9 Å². The van der Waals surface area contributed by atoms with Gasteiger partial charge in [-0.3, -0.25) is 4.79 Å². The van der Waals surface area contributed by atoms with Crippen LogP contribution < -0.4 is 11.1 Å². The largest absolute Gasteiger partial charge is 0.356 e. The van der Waals surface area contributed by atoms with Crippen LogP contribution in [-0.4, -0.2) is 19.0 Å². The molecule has 3 N–H and O–H groups in total. The lowest BCUT2D eigenvalue weighted by atomic mass is 9.98. The third-order valence-corrected chi connectivity index (χ3v) is 2.61. The van der Waals surface area contributed by atoms with E-state index in [1.165, 1.54) is 12.1 Å². The molecule has 0 heterocycles. The molecular formula is C13H18F2N2O. The first kappa shape index (κ1) is 14.6. The minimum atomic E-state index is -0.644. The number of carbonyl (C=O) groups excluding carboxylic acids is 1. The maximum absolute atomic E-state index is 13.0. The van der Waals surface area contributed by atoms with E-state index in [0.717, 1.165) is 12.5 Å². The minimum absolute atomic E-state index is 0.147. The SMILES string of the molecule is CCCNC(=O)C(CN)Cc1cc(F)cc(F)c1. The van der Waals surface area contributed by atoms with Crippen LogP contribution in [0.5, 0.6) is 0 Å². The Hall–Kier alpha value is -1.49. The second-order valence-electron chi connectivity index (χ2n) is 4.21. The summed E-state index contributed by atoms with van der Waals surface area (Å²) in [6, 6.07) is 3.25. The van der Waals surface area contributed by atoms with Crippen molar-refractivity contribution < 1.29 is 13.6 Å². The Labute approximate surface area is 105 Å². The summed E-state index contributed by atoms with van der Waals surface area (Å²) < 4.78 is 26.0. The number of hydrogen-bond donors (Lipinski definition) is 2. The molecule has 0 radical (unpaired) electrons. The molecule has 3 nitrogen and oxygen atoms in total. The second-order valence-corrected chi connectivity index (χ2v) is 4.21. The quantitative estimate of drug-likeness (QED) is 0.812. The van der Waals surface area contributed by atoms with Crippen molar-refractivity contribution in [3.63, 3.8) is 0 Å². The highest BCUT2D eigenvalue weighted by atomic mass is 19.1. The summed E-state index contributed by atoms with van der Waals surface area (Å²) in [6.45, 7) is 2.67. The highest BCUT2D eigenvalue weighted by Crippen LogP contribution is 2.12. The molecule has 1 aromatic carbocycles. The van der Waals surface area contributed by atoms with Crippen LogP contribution in [-0.2, 0) is 11.2 Å². The maximum Gasteiger partial charge on any atom is 0.224 e. The smallest absolute Gasteiger partial charge is 0.224 e. The van der Waals surface area contributed by atoms with Crippen molar-refractivity contribution in [2.45, 2.75) is 19.8 Å². The van der Waals surface area contributed by atoms with Gasteiger partial charge < -0.3 is 11.1 Å². The van der Waals surface area contributed by atoms with E-state index < -0.39 is 17.6 Å². The Bertz CT molecular complexity index is 390. The van der Waals surface area contributed by atoms with E-state index >= 15 is 0 Å². The predicted molar refractivity (Wildman–Crippen MR) is 65.9 cm³/mol. The van der Waals surface area contributed by atoms with Crippen LogP contribution in [0, 0.1) is 17.6 Å². The van der Waals surface area contributed by atoms with Crippen LogP contribution in [0.2, 0.25) is 0 Å². The van der Waals surface area contributed by atoms with Gasteiger partial charge in [-0.25, -0.2) is 8.78 Å². The molecule has 1 aromatic rings. The van der Waals surface area contributed by atoms with Crippen molar-refractivity contribution >= 4 is 5.91 Å². The molecule has 0 aliphatic rings. The summed E-state index contributed by atoms with van der Waals surface area (Å²) in [5.74, 6) is -1.92. The van der Waals surface area contributed by atoms with Gasteiger partial charge in [0.05, 0.1) is 5.92 Å². The van der Waals surface area contributed by atoms with E-state index in [4.69, 9.17) is 5.73 Å². The Morgan fingerprint density at radius 3 is 2.44 bits per heavy atom. The van der Waals surface area contributed by atoms with Crippen molar-refractivity contribution in [1.82, 2.24) is 5.32 Å². The molecule has 0 aromatic heterocycles. The summed E-state index contributed by atoms with van der Waals surface area (Å²) in [6.07, 6.45) is 1.07. The van der Waals surface area contributed by atoms with Gasteiger partial charge in [0.15, 0.2) is 0 Å². The zero-order valence-electron chi connectivity index (χ0n) is 10.4. The fraction of sp³-hybridized carbons (Fsp3) is 0.462. The van der Waals surface area contributed by atoms with Gasteiger partial charge in [-0.1, -0.05) is 6.92 Å². The number of carbonyl (C=O) groups is 1. The van der Waals surface area contributed by atoms with E-state index in [1.54, 1.807) is 0 Å². The summed E-state index contributed by atoms with van der Waals surface area (Å²) in [4.78, 5) is 11.7. The molecular weight excluding hydrogens is 238 g/mol. The zero-order valence-corrected chi connectivity index (χ0v) is 10.4. The average molecular weight is 256 g/mol. The standard InChI is InChI=1S/C13H18F2N2O/c1-2-3-17-13(18)10(8-16)4-9-5-11(14)7-12(15)6-9/h5-7,10H,2-4,8,16H2,1H3,(H,17,18). The topological polar surface area (TPSA) is 55.1 Å². The summed E-state index contributed by atoms with van der Waals surface area (Å²) in [5, 5.41) is 2.73. The molecule has 0 bridgehead atoms. The Kier molecular flexibility index (Phi) is 5.71. The number of nitrogens with two attached hydrogens (primary N) is 1. The van der Waals surface area contributed by atoms with Gasteiger partial charge in [-0.15, -0.1) is 0 Å². The predicted octanol–water partition coefficient (Wildman–Crippen LogP) is 1.61. The number of halogens is 2. The Balaban J connectivity index is 2.70. The van der Waals surface area contributed by atoms with Crippen molar-refractivity contribution in [3.05, 3.63) is 35.4 Å². The number of hydrogen-bond acceptors (Lipinski definition) is 2. The molecule has 0 saturated heterocycles. The molecule has 0 fully saturated rings. The molecule has 1 amide bonds. The van der Waals surface area contributed by atoms with Crippen molar-refractivity contribution in [2.75, 3.05) is 13.1 Å². The molecule has 1 atom stereocenters. The summed E-state index contributed by atoms with van der Waals surface area (Å²) >= 11 is 0. The van der Waals surface area contributed by atoms with Crippen LogP contribution in [0.25, 0.3) is 0 Å². The molecule has 100 valence electrons. The number of nitrogens with one attached hydrogen (secondary N) is 1. The fourth-order valence-corrected chi connectivity index (χ4v) is 1.69. The Morgan fingerprint density at radius 1 is 1.33 bits per heavy atom. The highest BCUT2D eigenvalue weighted by molar-refractivity contribution is 5.79. The second kappa shape index (κ2) is 7.06. The summed E-state index contributed by atoms with van der Waals surface area (Å²) in [5.41, 5.74) is 5.96. The van der Waals surface area contributed by atoms with Gasteiger partial charge >= 0.3 is 0 Å². The van der Waals surface area contributed by atoms with Gasteiger partial charge in [0.2, 0.25) is 5.91 Å². The van der Waals surface area contributed by atoms with Gasteiger partial charge in [-0.2, -0.15) is 0 Å². The zero-order chi connectivity index (χ0) is 13.5. The van der Waals surface area contributed by atoms with E-state index in [0.29, 0.717) is 12.1 Å². The molecule has 1 unspecified atom stereocenters. The number of rotatable bonds is 6. The van der Waals surface area contributed by atoms with Gasteiger partial charge in [0.1, 0.15) is 11.6 Å². The van der Waals surface area contributed by atoms with Crippen molar-refractivity contribution in [3.8, 4) is 0 Å². The van der Waals surface area contributed by atoms with Crippen LogP contribution in [0.3, 0.4) is 0 Å². The van der Waals surface area contributed by atoms with Gasteiger partial charge in [-0.05, 0) is 30.5 Å². The molecule has 0 spiro atoms. The maximum atomic E-state index is 13.0. The average Bonchev–Trinajstić information content (AvgIpc) is 2.31. The van der Waals surface area contributed by atoms with Gasteiger partial charge in [0.25, 0.3) is 0 Å². The molecule has 1 rings (SSSR count). The summed E-state index contributed by atoms with van der Waals surface area (Å²) in [7, 11) is 0. The monoisotopic (exact) mass is 256 g/mol. The number of benzene rings is 1. The third kappa shape index (κ3) is 4.41. The van der Waals surface area contributed by atoms with E-state index in [1.807, 2.05) is 6.92 Å². The van der Waals surface area contributed by atoms with Crippen LogP contribution in [0.15, 0.2) is 18.2 Å². The first-order chi connectivity index (χ1) is 8.56. The lowest BCUT2D eigenvalue weighted by molar-refractivity contribution is -0.124. The first-order valence-corrected chi connectivity index (χ1v) is 5.99. The van der Waals surface area contributed by atoms with Crippen LogP contribution in [0.1, 0.15) is 18.9 Å². The molecule has 0 aliphatic carbocycles. The van der Waals surface area contributed by atoms with E-state index in [2.05, 4.69) is 5.32 Å². The van der Waals surface area contributed by atoms with Crippen LogP contribution in [0.4, 0.5) is 8.78 Å². The Morgan fingerprint density at radius 2 is 1.94 bits per heavy atom. The van der Waals surface area contributed by atoms with Crippen molar-refractivity contribution in [2.24, 2.45) is 11.7 Å². The molecule has 0 aliphatic heterocycles. The molecule has 5 heteroatoms. The number of amides is 1. The lowest BCUT2D eigenvalue weighted by Crippen LogP contribution is -2.36. The molecule has 0 saturated carbocycles. The lowest BCUT2D eigenvalue weighted by Gasteiger charge is -2.14. The third-order valence-electron chi connectivity index (χ3n) is 2.61. The highest BCUT2D eigenvalue weighted by Gasteiger charge is 2.17. The van der Waals surface area contributed by atoms with Crippen molar-refractivity contribution in [1.29, 1.82) is 0 Å². The van der Waals surface area contributed by atoms with E-state index in [9.17, 15) is 13.6 Å². The molecule has 18 heavy (non-hydrogen) atoms. The van der Waals surface area contributed by atoms with Crippen LogP contribution >= 0.6 is 0 Å². The first-order valence-electron chi connectivity index (χ1n) is 5.99. The van der Waals surface area contributed by atoms with Gasteiger partial charge in [0, 0.05) is 19.2 Å². The fourth-order valence-electron chi connectivity index (χ4n) is 1.69. The minimum Gasteiger partial charge on any atom is -0.356 e.